The first-order valence-corrected chi connectivity index (χ1v) is 4.55. The molecule has 2 rings (SSSR count). The molecule has 0 saturated heterocycles. The fourth-order valence-electron chi connectivity index (χ4n) is 1.16. The number of hydrogen-bond acceptors (Lipinski definition) is 3. The summed E-state index contributed by atoms with van der Waals surface area (Å²) in [4.78, 5) is 15.1. The van der Waals surface area contributed by atoms with Crippen LogP contribution < -0.4 is 0 Å². The van der Waals surface area contributed by atoms with Gasteiger partial charge in [-0.3, -0.25) is 0 Å². The van der Waals surface area contributed by atoms with Crippen LogP contribution in [-0.4, -0.2) is 15.6 Å². The van der Waals surface area contributed by atoms with E-state index in [1.54, 1.807) is 6.20 Å². The Balaban J connectivity index is 1.92. The molecule has 4 nitrogen and oxygen atoms in total. The molecule has 0 aliphatic rings. The summed E-state index contributed by atoms with van der Waals surface area (Å²) in [6.07, 6.45) is 4.07. The predicted octanol–water partition coefficient (Wildman–Crippen LogP) is 2.07. The van der Waals surface area contributed by atoms with Crippen LogP contribution in [0.25, 0.3) is 0 Å². The second-order valence-corrected chi connectivity index (χ2v) is 3.01. The molecule has 0 saturated carbocycles. The highest BCUT2D eigenvalue weighted by molar-refractivity contribution is 5.69. The van der Waals surface area contributed by atoms with Crippen molar-refractivity contribution in [2.75, 3.05) is 0 Å². The molecule has 0 aliphatic heterocycles. The molecule has 0 aliphatic carbocycles. The molecular formula is C11H10N2O2. The van der Waals surface area contributed by atoms with Gasteiger partial charge in [0.25, 0.3) is 0 Å². The van der Waals surface area contributed by atoms with E-state index < -0.39 is 6.09 Å². The molecule has 0 bridgehead atoms. The van der Waals surface area contributed by atoms with Gasteiger partial charge in [-0.05, 0) is 5.56 Å². The van der Waals surface area contributed by atoms with Crippen molar-refractivity contribution in [2.24, 2.45) is 0 Å². The first-order chi connectivity index (χ1) is 7.36. The average Bonchev–Trinajstić information content (AvgIpc) is 2.81. The number of hydrogen-bond donors (Lipinski definition) is 0. The smallest absolute Gasteiger partial charge is 0.419 e. The Labute approximate surface area is 87.1 Å². The Morgan fingerprint density at radius 1 is 1.33 bits per heavy atom. The SMILES string of the molecule is O=C(OCc1ccccc1)n1ccnc1. The number of carbonyl (C=O) groups excluding carboxylic acids is 1. The minimum Gasteiger partial charge on any atom is -0.444 e. The quantitative estimate of drug-likeness (QED) is 0.748. The maximum Gasteiger partial charge on any atom is 0.419 e. The lowest BCUT2D eigenvalue weighted by molar-refractivity contribution is 0.141. The van der Waals surface area contributed by atoms with Gasteiger partial charge in [-0.1, -0.05) is 30.3 Å². The fourth-order valence-corrected chi connectivity index (χ4v) is 1.16. The molecule has 1 aromatic heterocycles. The Morgan fingerprint density at radius 2 is 2.13 bits per heavy atom. The summed E-state index contributed by atoms with van der Waals surface area (Å²) in [7, 11) is 0. The van der Waals surface area contributed by atoms with E-state index in [9.17, 15) is 4.79 Å². The molecule has 0 amide bonds. The van der Waals surface area contributed by atoms with E-state index in [1.165, 1.54) is 17.1 Å². The predicted molar refractivity (Wildman–Crippen MR) is 54.3 cm³/mol. The largest absolute Gasteiger partial charge is 0.444 e. The third-order valence-corrected chi connectivity index (χ3v) is 1.92. The highest BCUT2D eigenvalue weighted by Crippen LogP contribution is 2.01. The third-order valence-electron chi connectivity index (χ3n) is 1.92. The molecule has 0 unspecified atom stereocenters. The van der Waals surface area contributed by atoms with Gasteiger partial charge in [0.15, 0.2) is 0 Å². The lowest BCUT2D eigenvalue weighted by atomic mass is 10.2. The molecule has 76 valence electrons. The number of benzene rings is 1. The normalized spacial score (nSPS) is 9.87. The van der Waals surface area contributed by atoms with Crippen molar-refractivity contribution in [3.63, 3.8) is 0 Å². The summed E-state index contributed by atoms with van der Waals surface area (Å²) in [5, 5.41) is 0. The summed E-state index contributed by atoms with van der Waals surface area (Å²) >= 11 is 0. The molecular weight excluding hydrogens is 192 g/mol. The first kappa shape index (κ1) is 9.45. The second-order valence-electron chi connectivity index (χ2n) is 3.01. The number of aromatic nitrogens is 2. The summed E-state index contributed by atoms with van der Waals surface area (Å²) in [6, 6.07) is 9.53. The first-order valence-electron chi connectivity index (χ1n) is 4.55. The van der Waals surface area contributed by atoms with Crippen LogP contribution in [0.5, 0.6) is 0 Å². The summed E-state index contributed by atoms with van der Waals surface area (Å²) in [6.45, 7) is 0.276. The Bertz CT molecular complexity index is 423. The number of rotatable bonds is 2. The zero-order valence-electron chi connectivity index (χ0n) is 8.04. The van der Waals surface area contributed by atoms with E-state index in [2.05, 4.69) is 4.98 Å². The molecule has 0 atom stereocenters. The van der Waals surface area contributed by atoms with Crippen molar-refractivity contribution >= 4 is 6.09 Å². The Hall–Kier alpha value is -2.10. The van der Waals surface area contributed by atoms with Crippen LogP contribution in [-0.2, 0) is 11.3 Å². The minimum absolute atomic E-state index is 0.276. The van der Waals surface area contributed by atoms with Crippen molar-refractivity contribution in [3.8, 4) is 0 Å². The van der Waals surface area contributed by atoms with Crippen LogP contribution >= 0.6 is 0 Å². The van der Waals surface area contributed by atoms with E-state index >= 15 is 0 Å². The third kappa shape index (κ3) is 2.43. The Kier molecular flexibility index (Phi) is 2.78. The lowest BCUT2D eigenvalue weighted by Crippen LogP contribution is -2.11. The van der Waals surface area contributed by atoms with E-state index in [0.717, 1.165) is 5.56 Å². The van der Waals surface area contributed by atoms with Crippen molar-refractivity contribution < 1.29 is 9.53 Å². The number of imidazole rings is 1. The van der Waals surface area contributed by atoms with Crippen molar-refractivity contribution in [1.82, 2.24) is 9.55 Å². The van der Waals surface area contributed by atoms with Crippen LogP contribution in [0.4, 0.5) is 4.79 Å². The molecule has 0 spiro atoms. The van der Waals surface area contributed by atoms with Crippen LogP contribution in [0.1, 0.15) is 5.56 Å². The van der Waals surface area contributed by atoms with Crippen LogP contribution in [0.2, 0.25) is 0 Å². The molecule has 1 aromatic carbocycles. The van der Waals surface area contributed by atoms with Gasteiger partial charge in [-0.15, -0.1) is 0 Å². The van der Waals surface area contributed by atoms with Gasteiger partial charge in [-0.25, -0.2) is 14.3 Å². The molecule has 0 N–H and O–H groups in total. The number of carbonyl (C=O) groups is 1. The Morgan fingerprint density at radius 3 is 2.80 bits per heavy atom. The molecule has 1 heterocycles. The fraction of sp³-hybridized carbons (Fsp3) is 0.0909. The maximum absolute atomic E-state index is 11.4. The molecule has 0 fully saturated rings. The molecule has 0 radical (unpaired) electrons. The molecule has 2 aromatic rings. The topological polar surface area (TPSA) is 44.1 Å². The minimum atomic E-state index is -0.420. The van der Waals surface area contributed by atoms with Crippen LogP contribution in [0.15, 0.2) is 49.1 Å². The van der Waals surface area contributed by atoms with Gasteiger partial charge in [0.1, 0.15) is 12.9 Å². The van der Waals surface area contributed by atoms with Gasteiger partial charge >= 0.3 is 6.09 Å². The van der Waals surface area contributed by atoms with Crippen LogP contribution in [0, 0.1) is 0 Å². The standard InChI is InChI=1S/C11H10N2O2/c14-11(13-7-6-12-9-13)15-8-10-4-2-1-3-5-10/h1-7,9H,8H2. The van der Waals surface area contributed by atoms with Gasteiger partial charge in [0, 0.05) is 12.4 Å². The highest BCUT2D eigenvalue weighted by atomic mass is 16.5. The summed E-state index contributed by atoms with van der Waals surface area (Å²) < 4.78 is 6.35. The van der Waals surface area contributed by atoms with E-state index in [1.807, 2.05) is 30.3 Å². The number of ether oxygens (including phenoxy) is 1. The summed E-state index contributed by atoms with van der Waals surface area (Å²) in [5.74, 6) is 0. The lowest BCUT2D eigenvalue weighted by Gasteiger charge is -2.04. The average molecular weight is 202 g/mol. The van der Waals surface area contributed by atoms with Gasteiger partial charge < -0.3 is 4.74 Å². The maximum atomic E-state index is 11.4. The highest BCUT2D eigenvalue weighted by Gasteiger charge is 2.04. The van der Waals surface area contributed by atoms with Crippen molar-refractivity contribution in [3.05, 3.63) is 54.6 Å². The molecule has 15 heavy (non-hydrogen) atoms. The van der Waals surface area contributed by atoms with Crippen molar-refractivity contribution in [1.29, 1.82) is 0 Å². The monoisotopic (exact) mass is 202 g/mol. The summed E-state index contributed by atoms with van der Waals surface area (Å²) in [5.41, 5.74) is 0.964. The van der Waals surface area contributed by atoms with Crippen LogP contribution in [0.3, 0.4) is 0 Å². The van der Waals surface area contributed by atoms with E-state index in [-0.39, 0.29) is 6.61 Å². The van der Waals surface area contributed by atoms with E-state index in [4.69, 9.17) is 4.74 Å². The zero-order valence-corrected chi connectivity index (χ0v) is 8.04. The molecule has 4 heteroatoms. The van der Waals surface area contributed by atoms with Gasteiger partial charge in [0.05, 0.1) is 0 Å². The van der Waals surface area contributed by atoms with E-state index in [0.29, 0.717) is 0 Å². The van der Waals surface area contributed by atoms with Gasteiger partial charge in [-0.2, -0.15) is 0 Å². The van der Waals surface area contributed by atoms with Gasteiger partial charge in [0.2, 0.25) is 0 Å². The second kappa shape index (κ2) is 4.41. The zero-order chi connectivity index (χ0) is 10.5. The number of nitrogens with zero attached hydrogens (tertiary/aromatic N) is 2. The van der Waals surface area contributed by atoms with Crippen molar-refractivity contribution in [2.45, 2.75) is 6.61 Å².